The van der Waals surface area contributed by atoms with Gasteiger partial charge in [-0.1, -0.05) is 18.2 Å². The highest BCUT2D eigenvalue weighted by molar-refractivity contribution is 5.92. The number of carbonyl (C=O) groups excluding carboxylic acids is 2. The van der Waals surface area contributed by atoms with Gasteiger partial charge in [0.2, 0.25) is 5.91 Å². The number of cyclic esters (lactones) is 1. The molecule has 2 rings (SSSR count). The van der Waals surface area contributed by atoms with Crippen molar-refractivity contribution in [2.45, 2.75) is 18.9 Å². The summed E-state index contributed by atoms with van der Waals surface area (Å²) in [7, 11) is 3.45. The van der Waals surface area contributed by atoms with Gasteiger partial charge in [0, 0.05) is 26.2 Å². The molecule has 102 valence electrons. The molecule has 19 heavy (non-hydrogen) atoms. The number of likely N-dealkylation sites (N-methyl/N-ethyl adjacent to an activating group) is 1. The molecule has 0 aliphatic carbocycles. The van der Waals surface area contributed by atoms with Crippen molar-refractivity contribution in [2.75, 3.05) is 25.5 Å². The fourth-order valence-corrected chi connectivity index (χ4v) is 2.05. The Labute approximate surface area is 112 Å². The van der Waals surface area contributed by atoms with Gasteiger partial charge in [-0.05, 0) is 18.6 Å². The Morgan fingerprint density at radius 1 is 1.42 bits per heavy atom. The fourth-order valence-electron chi connectivity index (χ4n) is 2.05. The second kappa shape index (κ2) is 5.73. The molecule has 0 radical (unpaired) electrons. The molecule has 1 heterocycles. The summed E-state index contributed by atoms with van der Waals surface area (Å²) < 4.78 is 5.13. The lowest BCUT2D eigenvalue weighted by molar-refractivity contribution is -0.118. The van der Waals surface area contributed by atoms with Crippen molar-refractivity contribution >= 4 is 17.7 Å². The van der Waals surface area contributed by atoms with Crippen molar-refractivity contribution in [1.29, 1.82) is 0 Å². The Bertz CT molecular complexity index is 461. The van der Waals surface area contributed by atoms with Crippen molar-refractivity contribution in [3.8, 4) is 0 Å². The molecule has 1 saturated heterocycles. The average molecular weight is 262 g/mol. The highest BCUT2D eigenvalue weighted by atomic mass is 16.6. The first-order chi connectivity index (χ1) is 9.08. The highest BCUT2D eigenvalue weighted by Crippen LogP contribution is 2.17. The summed E-state index contributed by atoms with van der Waals surface area (Å²) in [6, 6.07) is 9.48. The number of para-hydroxylation sites is 1. The van der Waals surface area contributed by atoms with Crippen LogP contribution in [0, 0.1) is 0 Å². The first-order valence-corrected chi connectivity index (χ1v) is 6.31. The molecule has 1 atom stereocenters. The van der Waals surface area contributed by atoms with Crippen LogP contribution in [0.2, 0.25) is 0 Å². The van der Waals surface area contributed by atoms with Crippen molar-refractivity contribution in [3.05, 3.63) is 30.3 Å². The molecule has 1 fully saturated rings. The molecule has 5 nitrogen and oxygen atoms in total. The summed E-state index contributed by atoms with van der Waals surface area (Å²) in [6.45, 7) is 0.557. The number of benzene rings is 1. The van der Waals surface area contributed by atoms with Crippen molar-refractivity contribution in [2.24, 2.45) is 0 Å². The van der Waals surface area contributed by atoms with E-state index in [4.69, 9.17) is 4.74 Å². The molecule has 2 amide bonds. The molecule has 1 unspecified atom stereocenters. The normalized spacial score (nSPS) is 18.3. The monoisotopic (exact) mass is 262 g/mol. The molecule has 0 aromatic heterocycles. The topological polar surface area (TPSA) is 49.9 Å². The predicted octanol–water partition coefficient (Wildman–Crippen LogP) is 1.88. The Morgan fingerprint density at radius 2 is 2.11 bits per heavy atom. The van der Waals surface area contributed by atoms with Gasteiger partial charge in [0.15, 0.2) is 0 Å². The molecule has 0 N–H and O–H groups in total. The molecule has 0 spiro atoms. The second-order valence-corrected chi connectivity index (χ2v) is 4.71. The molecular weight excluding hydrogens is 244 g/mol. The van der Waals surface area contributed by atoms with E-state index in [-0.39, 0.29) is 18.1 Å². The van der Waals surface area contributed by atoms with Gasteiger partial charge in [-0.15, -0.1) is 0 Å². The second-order valence-electron chi connectivity index (χ2n) is 4.71. The van der Waals surface area contributed by atoms with Crippen molar-refractivity contribution in [3.63, 3.8) is 0 Å². The zero-order chi connectivity index (χ0) is 13.8. The summed E-state index contributed by atoms with van der Waals surface area (Å²) in [6.07, 6.45) is 0.447. The first kappa shape index (κ1) is 13.4. The van der Waals surface area contributed by atoms with Crippen LogP contribution < -0.4 is 4.90 Å². The molecular formula is C14H18N2O3. The standard InChI is InChI=1S/C14H18N2O3/c1-15-10-12(19-14(15)18)8-9-13(17)16(2)11-6-4-3-5-7-11/h3-7,12H,8-10H2,1-2H3. The van der Waals surface area contributed by atoms with E-state index in [0.717, 1.165) is 5.69 Å². The zero-order valence-electron chi connectivity index (χ0n) is 11.2. The Hall–Kier alpha value is -2.04. The number of rotatable bonds is 4. The van der Waals surface area contributed by atoms with E-state index in [1.165, 1.54) is 4.90 Å². The van der Waals surface area contributed by atoms with E-state index in [1.54, 1.807) is 19.0 Å². The lowest BCUT2D eigenvalue weighted by Crippen LogP contribution is -2.27. The van der Waals surface area contributed by atoms with Gasteiger partial charge in [0.1, 0.15) is 6.10 Å². The van der Waals surface area contributed by atoms with Gasteiger partial charge in [-0.25, -0.2) is 4.79 Å². The highest BCUT2D eigenvalue weighted by Gasteiger charge is 2.28. The largest absolute Gasteiger partial charge is 0.444 e. The Morgan fingerprint density at radius 3 is 2.68 bits per heavy atom. The summed E-state index contributed by atoms with van der Waals surface area (Å²) in [4.78, 5) is 26.4. The minimum Gasteiger partial charge on any atom is -0.444 e. The quantitative estimate of drug-likeness (QED) is 0.832. The van der Waals surface area contributed by atoms with Crippen LogP contribution >= 0.6 is 0 Å². The van der Waals surface area contributed by atoms with Crippen LogP contribution in [-0.2, 0) is 9.53 Å². The van der Waals surface area contributed by atoms with E-state index in [0.29, 0.717) is 19.4 Å². The van der Waals surface area contributed by atoms with Crippen LogP contribution in [0.3, 0.4) is 0 Å². The van der Waals surface area contributed by atoms with E-state index >= 15 is 0 Å². The maximum atomic E-state index is 12.0. The number of hydrogen-bond donors (Lipinski definition) is 0. The maximum absolute atomic E-state index is 12.0. The third kappa shape index (κ3) is 3.24. The number of carbonyl (C=O) groups is 2. The van der Waals surface area contributed by atoms with Gasteiger partial charge in [-0.2, -0.15) is 0 Å². The van der Waals surface area contributed by atoms with Gasteiger partial charge in [0.05, 0.1) is 6.54 Å². The van der Waals surface area contributed by atoms with Crippen LogP contribution in [0.5, 0.6) is 0 Å². The third-order valence-corrected chi connectivity index (χ3v) is 3.25. The van der Waals surface area contributed by atoms with Gasteiger partial charge >= 0.3 is 6.09 Å². The summed E-state index contributed by atoms with van der Waals surface area (Å²) >= 11 is 0. The van der Waals surface area contributed by atoms with Gasteiger partial charge in [-0.3, -0.25) is 4.79 Å². The lowest BCUT2D eigenvalue weighted by Gasteiger charge is -2.18. The van der Waals surface area contributed by atoms with Gasteiger partial charge in [0.25, 0.3) is 0 Å². The number of hydrogen-bond acceptors (Lipinski definition) is 3. The van der Waals surface area contributed by atoms with Crippen LogP contribution in [0.1, 0.15) is 12.8 Å². The summed E-state index contributed by atoms with van der Waals surface area (Å²) in [5, 5.41) is 0. The minimum absolute atomic E-state index is 0.0248. The number of nitrogens with zero attached hydrogens (tertiary/aromatic N) is 2. The molecule has 0 saturated carbocycles. The van der Waals surface area contributed by atoms with Crippen LogP contribution in [0.4, 0.5) is 10.5 Å². The molecule has 1 aliphatic rings. The van der Waals surface area contributed by atoms with E-state index in [1.807, 2.05) is 30.3 Å². The van der Waals surface area contributed by atoms with E-state index in [9.17, 15) is 9.59 Å². The van der Waals surface area contributed by atoms with E-state index < -0.39 is 0 Å². The molecule has 1 aliphatic heterocycles. The lowest BCUT2D eigenvalue weighted by atomic mass is 10.1. The smallest absolute Gasteiger partial charge is 0.409 e. The number of anilines is 1. The van der Waals surface area contributed by atoms with Gasteiger partial charge < -0.3 is 14.5 Å². The molecule has 0 bridgehead atoms. The molecule has 1 aromatic carbocycles. The van der Waals surface area contributed by atoms with Crippen LogP contribution in [0.15, 0.2) is 30.3 Å². The number of ether oxygens (including phenoxy) is 1. The number of amides is 2. The first-order valence-electron chi connectivity index (χ1n) is 6.31. The van der Waals surface area contributed by atoms with Crippen molar-refractivity contribution < 1.29 is 14.3 Å². The fraction of sp³-hybridized carbons (Fsp3) is 0.429. The molecule has 1 aromatic rings. The molecule has 5 heteroatoms. The van der Waals surface area contributed by atoms with Crippen LogP contribution in [0.25, 0.3) is 0 Å². The van der Waals surface area contributed by atoms with Crippen molar-refractivity contribution in [1.82, 2.24) is 4.90 Å². The predicted molar refractivity (Wildman–Crippen MR) is 72.0 cm³/mol. The maximum Gasteiger partial charge on any atom is 0.409 e. The minimum atomic E-state index is -0.311. The summed E-state index contributed by atoms with van der Waals surface area (Å²) in [5.74, 6) is 0.0248. The zero-order valence-corrected chi connectivity index (χ0v) is 11.2. The SMILES string of the molecule is CN1CC(CCC(=O)N(C)c2ccccc2)OC1=O. The Balaban J connectivity index is 1.83. The third-order valence-electron chi connectivity index (χ3n) is 3.25. The average Bonchev–Trinajstić information content (AvgIpc) is 2.75. The van der Waals surface area contributed by atoms with E-state index in [2.05, 4.69) is 0 Å². The summed E-state index contributed by atoms with van der Waals surface area (Å²) in [5.41, 5.74) is 0.869. The van der Waals surface area contributed by atoms with Crippen LogP contribution in [-0.4, -0.2) is 43.6 Å². The Kier molecular flexibility index (Phi) is 4.04.